The molecule has 100 valence electrons. The molecule has 0 saturated heterocycles. The van der Waals surface area contributed by atoms with Crippen molar-refractivity contribution in [1.29, 1.82) is 0 Å². The van der Waals surface area contributed by atoms with Gasteiger partial charge in [-0.1, -0.05) is 19.8 Å². The van der Waals surface area contributed by atoms with E-state index in [0.717, 1.165) is 30.5 Å². The number of aromatic amines is 1. The molecule has 0 aromatic carbocycles. The van der Waals surface area contributed by atoms with Gasteiger partial charge in [0.05, 0.1) is 0 Å². The number of hydrogen-bond acceptors (Lipinski definition) is 2. The maximum atomic E-state index is 12.0. The molecule has 0 radical (unpaired) electrons. The Labute approximate surface area is 108 Å². The lowest BCUT2D eigenvalue weighted by atomic mass is 10.1. The van der Waals surface area contributed by atoms with Crippen molar-refractivity contribution in [3.8, 4) is 0 Å². The van der Waals surface area contributed by atoms with Crippen LogP contribution >= 0.6 is 0 Å². The summed E-state index contributed by atoms with van der Waals surface area (Å²) < 4.78 is 0. The fourth-order valence-electron chi connectivity index (χ4n) is 2.17. The van der Waals surface area contributed by atoms with Crippen LogP contribution in [0.3, 0.4) is 0 Å². The first kappa shape index (κ1) is 14.5. The van der Waals surface area contributed by atoms with Gasteiger partial charge in [-0.3, -0.25) is 9.59 Å². The molecule has 2 N–H and O–H groups in total. The summed E-state index contributed by atoms with van der Waals surface area (Å²) in [6.45, 7) is 7.95. The monoisotopic (exact) mass is 250 g/mol. The molecular formula is C14H22N2O2. The van der Waals surface area contributed by atoms with Crippen LogP contribution in [0.2, 0.25) is 0 Å². The maximum Gasteiger partial charge on any atom is 0.268 e. The van der Waals surface area contributed by atoms with Crippen LogP contribution in [-0.2, 0) is 0 Å². The third-order valence-corrected chi connectivity index (χ3v) is 3.08. The van der Waals surface area contributed by atoms with Gasteiger partial charge < -0.3 is 10.3 Å². The van der Waals surface area contributed by atoms with Crippen molar-refractivity contribution in [2.75, 3.05) is 6.54 Å². The second-order valence-corrected chi connectivity index (χ2v) is 4.64. The second-order valence-electron chi connectivity index (χ2n) is 4.64. The average Bonchev–Trinajstić information content (AvgIpc) is 2.60. The molecule has 0 atom stereocenters. The highest BCUT2D eigenvalue weighted by molar-refractivity contribution is 6.02. The van der Waals surface area contributed by atoms with Gasteiger partial charge in [0.2, 0.25) is 0 Å². The van der Waals surface area contributed by atoms with E-state index in [1.165, 1.54) is 6.92 Å². The van der Waals surface area contributed by atoms with Crippen molar-refractivity contribution in [3.05, 3.63) is 22.5 Å². The Morgan fingerprint density at radius 1 is 1.22 bits per heavy atom. The number of unbranched alkanes of at least 4 members (excludes halogenated alkanes) is 2. The molecule has 0 unspecified atom stereocenters. The van der Waals surface area contributed by atoms with Crippen molar-refractivity contribution in [2.24, 2.45) is 0 Å². The highest BCUT2D eigenvalue weighted by Gasteiger charge is 2.19. The topological polar surface area (TPSA) is 62.0 Å². The molecule has 0 aliphatic rings. The first-order valence-corrected chi connectivity index (χ1v) is 6.47. The summed E-state index contributed by atoms with van der Waals surface area (Å²) in [5.41, 5.74) is 2.65. The summed E-state index contributed by atoms with van der Waals surface area (Å²) in [6.07, 6.45) is 3.23. The van der Waals surface area contributed by atoms with E-state index < -0.39 is 0 Å². The minimum atomic E-state index is -0.126. The van der Waals surface area contributed by atoms with Crippen molar-refractivity contribution in [2.45, 2.75) is 47.0 Å². The zero-order valence-corrected chi connectivity index (χ0v) is 11.6. The first-order chi connectivity index (χ1) is 8.49. The van der Waals surface area contributed by atoms with Gasteiger partial charge in [0.1, 0.15) is 5.69 Å². The van der Waals surface area contributed by atoms with Crippen LogP contribution in [0, 0.1) is 13.8 Å². The summed E-state index contributed by atoms with van der Waals surface area (Å²) in [6, 6.07) is 0. The summed E-state index contributed by atoms with van der Waals surface area (Å²) in [4.78, 5) is 26.4. The number of carbonyl (C=O) groups is 2. The first-order valence-electron chi connectivity index (χ1n) is 6.47. The third-order valence-electron chi connectivity index (χ3n) is 3.08. The number of rotatable bonds is 6. The molecule has 0 spiro atoms. The van der Waals surface area contributed by atoms with Gasteiger partial charge in [-0.25, -0.2) is 0 Å². The zero-order valence-electron chi connectivity index (χ0n) is 11.6. The quantitative estimate of drug-likeness (QED) is 0.602. The Morgan fingerprint density at radius 2 is 1.89 bits per heavy atom. The Balaban J connectivity index is 2.75. The van der Waals surface area contributed by atoms with E-state index in [0.29, 0.717) is 17.8 Å². The highest BCUT2D eigenvalue weighted by Crippen LogP contribution is 2.18. The molecule has 4 nitrogen and oxygen atoms in total. The van der Waals surface area contributed by atoms with Gasteiger partial charge in [-0.2, -0.15) is 0 Å². The van der Waals surface area contributed by atoms with Gasteiger partial charge in [-0.15, -0.1) is 0 Å². The van der Waals surface area contributed by atoms with Crippen LogP contribution in [0.5, 0.6) is 0 Å². The number of nitrogens with one attached hydrogen (secondary N) is 2. The molecule has 0 bridgehead atoms. The Hall–Kier alpha value is -1.58. The van der Waals surface area contributed by atoms with Crippen molar-refractivity contribution in [1.82, 2.24) is 10.3 Å². The van der Waals surface area contributed by atoms with Crippen LogP contribution in [0.1, 0.15) is 65.2 Å². The molecule has 18 heavy (non-hydrogen) atoms. The lowest BCUT2D eigenvalue weighted by molar-refractivity contribution is 0.0947. The van der Waals surface area contributed by atoms with Gasteiger partial charge in [0.15, 0.2) is 5.78 Å². The maximum absolute atomic E-state index is 12.0. The zero-order chi connectivity index (χ0) is 13.7. The van der Waals surface area contributed by atoms with Crippen molar-refractivity contribution < 1.29 is 9.59 Å². The van der Waals surface area contributed by atoms with E-state index in [1.807, 2.05) is 6.92 Å². The number of Topliss-reactive ketones (excluding diaryl/α,β-unsaturated/α-hetero) is 1. The predicted octanol–water partition coefficient (Wildman–Crippen LogP) is 2.75. The molecule has 1 amide bonds. The smallest absolute Gasteiger partial charge is 0.268 e. The third kappa shape index (κ3) is 3.22. The fourth-order valence-corrected chi connectivity index (χ4v) is 2.17. The van der Waals surface area contributed by atoms with Gasteiger partial charge >= 0.3 is 0 Å². The molecule has 1 aromatic heterocycles. The largest absolute Gasteiger partial charge is 0.354 e. The van der Waals surface area contributed by atoms with E-state index in [2.05, 4.69) is 17.2 Å². The van der Waals surface area contributed by atoms with Crippen LogP contribution in [0.15, 0.2) is 0 Å². The number of H-pyrrole nitrogens is 1. The molecule has 1 heterocycles. The summed E-state index contributed by atoms with van der Waals surface area (Å²) in [5.74, 6) is -0.134. The lowest BCUT2D eigenvalue weighted by Gasteiger charge is -2.04. The van der Waals surface area contributed by atoms with Crippen LogP contribution in [0.25, 0.3) is 0 Å². The summed E-state index contributed by atoms with van der Waals surface area (Å²) in [5, 5.41) is 2.87. The van der Waals surface area contributed by atoms with E-state index >= 15 is 0 Å². The standard InChI is InChI=1S/C14H22N2O2/c1-5-6-7-8-15-14(18)13-9(2)12(11(4)17)10(3)16-13/h16H,5-8H2,1-4H3,(H,15,18). The van der Waals surface area contributed by atoms with Crippen LogP contribution in [-0.4, -0.2) is 23.2 Å². The minimum Gasteiger partial charge on any atom is -0.354 e. The molecular weight excluding hydrogens is 228 g/mol. The Morgan fingerprint density at radius 3 is 2.39 bits per heavy atom. The molecule has 1 aromatic rings. The molecule has 0 aliphatic carbocycles. The molecule has 1 rings (SSSR count). The Kier molecular flexibility index (Phi) is 5.13. The minimum absolute atomic E-state index is 0.00807. The average molecular weight is 250 g/mol. The summed E-state index contributed by atoms with van der Waals surface area (Å²) >= 11 is 0. The number of aryl methyl sites for hydroxylation is 1. The number of amides is 1. The van der Waals surface area contributed by atoms with E-state index in [-0.39, 0.29) is 11.7 Å². The van der Waals surface area contributed by atoms with Gasteiger partial charge in [0, 0.05) is 17.8 Å². The SMILES string of the molecule is CCCCCNC(=O)c1[nH]c(C)c(C(C)=O)c1C. The predicted molar refractivity (Wildman–Crippen MR) is 72.1 cm³/mol. The Bertz CT molecular complexity index is 447. The molecule has 0 aliphatic heterocycles. The number of hydrogen-bond donors (Lipinski definition) is 2. The number of ketones is 1. The normalized spacial score (nSPS) is 10.4. The van der Waals surface area contributed by atoms with Crippen molar-refractivity contribution in [3.63, 3.8) is 0 Å². The van der Waals surface area contributed by atoms with Gasteiger partial charge in [-0.05, 0) is 32.8 Å². The molecule has 4 heteroatoms. The van der Waals surface area contributed by atoms with Crippen LogP contribution < -0.4 is 5.32 Å². The molecule has 0 saturated carbocycles. The van der Waals surface area contributed by atoms with Crippen LogP contribution in [0.4, 0.5) is 0 Å². The number of aromatic nitrogens is 1. The molecule has 0 fully saturated rings. The van der Waals surface area contributed by atoms with E-state index in [9.17, 15) is 9.59 Å². The lowest BCUT2D eigenvalue weighted by Crippen LogP contribution is -2.25. The fraction of sp³-hybridized carbons (Fsp3) is 0.571. The van der Waals surface area contributed by atoms with Gasteiger partial charge in [0.25, 0.3) is 5.91 Å². The number of carbonyl (C=O) groups excluding carboxylic acids is 2. The highest BCUT2D eigenvalue weighted by atomic mass is 16.2. The van der Waals surface area contributed by atoms with E-state index in [4.69, 9.17) is 0 Å². The summed E-state index contributed by atoms with van der Waals surface area (Å²) in [7, 11) is 0. The second kappa shape index (κ2) is 6.38. The van der Waals surface area contributed by atoms with Crippen molar-refractivity contribution >= 4 is 11.7 Å². The van der Waals surface area contributed by atoms with E-state index in [1.54, 1.807) is 6.92 Å².